The van der Waals surface area contributed by atoms with E-state index in [1.807, 2.05) is 0 Å². The van der Waals surface area contributed by atoms with Gasteiger partial charge in [-0.1, -0.05) is 33.6 Å². The third kappa shape index (κ3) is 5.04. The Morgan fingerprint density at radius 1 is 1.26 bits per heavy atom. The van der Waals surface area contributed by atoms with Gasteiger partial charge in [0.25, 0.3) is 0 Å². The third-order valence-electron chi connectivity index (χ3n) is 5.96. The van der Waals surface area contributed by atoms with E-state index in [4.69, 9.17) is 11.6 Å². The molecule has 3 aromatic heterocycles. The zero-order valence-corrected chi connectivity index (χ0v) is 21.5. The van der Waals surface area contributed by atoms with Crippen molar-refractivity contribution in [3.63, 3.8) is 0 Å². The molecule has 0 spiro atoms. The van der Waals surface area contributed by atoms with Gasteiger partial charge in [0, 0.05) is 47.5 Å². The largest absolute Gasteiger partial charge is 0.367 e. The molecule has 0 amide bonds. The standard InChI is InChI=1S/C23H21BrClFN6O2S/c24-15-4-1-5-17(7-15)35(33,34)32-6-2-3-14(13-32)9-27-23-20(26)12-30-22(31-23)19-11-29-21-18(19)8-16(25)10-28-21/h1,4-5,7-8,10-12,14H,2-3,6,9,13H2,(H,28,29)(H,27,30,31)/t14-/m1/s1. The molecule has 4 aromatic rings. The fourth-order valence-electron chi connectivity index (χ4n) is 4.21. The number of aromatic nitrogens is 4. The highest BCUT2D eigenvalue weighted by molar-refractivity contribution is 9.10. The molecule has 0 aliphatic carbocycles. The van der Waals surface area contributed by atoms with Gasteiger partial charge in [-0.15, -0.1) is 0 Å². The molecule has 35 heavy (non-hydrogen) atoms. The van der Waals surface area contributed by atoms with Crippen molar-refractivity contribution in [1.29, 1.82) is 0 Å². The molecule has 4 heterocycles. The number of H-pyrrole nitrogens is 1. The van der Waals surface area contributed by atoms with Gasteiger partial charge in [-0.3, -0.25) is 0 Å². The molecule has 0 radical (unpaired) electrons. The number of nitrogens with one attached hydrogen (secondary N) is 2. The first-order valence-electron chi connectivity index (χ1n) is 11.0. The van der Waals surface area contributed by atoms with Gasteiger partial charge >= 0.3 is 0 Å². The number of fused-ring (bicyclic) bond motifs is 1. The van der Waals surface area contributed by atoms with Crippen molar-refractivity contribution < 1.29 is 12.8 Å². The van der Waals surface area contributed by atoms with Crippen LogP contribution in [0.15, 0.2) is 58.3 Å². The summed E-state index contributed by atoms with van der Waals surface area (Å²) in [4.78, 5) is 16.0. The van der Waals surface area contributed by atoms with E-state index in [0.29, 0.717) is 46.2 Å². The van der Waals surface area contributed by atoms with Gasteiger partial charge < -0.3 is 10.3 Å². The van der Waals surface area contributed by atoms with Crippen molar-refractivity contribution in [1.82, 2.24) is 24.2 Å². The van der Waals surface area contributed by atoms with Crippen LogP contribution in [0.25, 0.3) is 22.4 Å². The number of hydrogen-bond donors (Lipinski definition) is 2. The van der Waals surface area contributed by atoms with Gasteiger partial charge in [0.05, 0.1) is 16.1 Å². The molecule has 1 aromatic carbocycles. The first kappa shape index (κ1) is 24.1. The topological polar surface area (TPSA) is 104 Å². The van der Waals surface area contributed by atoms with E-state index in [0.717, 1.165) is 24.4 Å². The first-order chi connectivity index (χ1) is 16.8. The summed E-state index contributed by atoms with van der Waals surface area (Å²) in [5, 5.41) is 4.26. The molecular formula is C23H21BrClFN6O2S. The van der Waals surface area contributed by atoms with E-state index in [-0.39, 0.29) is 16.6 Å². The van der Waals surface area contributed by atoms with Crippen LogP contribution in [0.1, 0.15) is 12.8 Å². The lowest BCUT2D eigenvalue weighted by atomic mass is 10.00. The Balaban J connectivity index is 1.32. The molecule has 12 heteroatoms. The second-order valence-electron chi connectivity index (χ2n) is 8.35. The van der Waals surface area contributed by atoms with Crippen molar-refractivity contribution in [3.8, 4) is 11.4 Å². The Morgan fingerprint density at radius 3 is 2.94 bits per heavy atom. The number of rotatable bonds is 6. The average Bonchev–Trinajstić information content (AvgIpc) is 3.27. The molecule has 1 atom stereocenters. The number of anilines is 1. The van der Waals surface area contributed by atoms with Crippen molar-refractivity contribution in [2.45, 2.75) is 17.7 Å². The molecule has 1 aliphatic rings. The number of piperidine rings is 1. The summed E-state index contributed by atoms with van der Waals surface area (Å²) < 4.78 is 42.9. The molecule has 0 unspecified atom stereocenters. The summed E-state index contributed by atoms with van der Waals surface area (Å²) in [5.41, 5.74) is 1.28. The molecule has 2 N–H and O–H groups in total. The summed E-state index contributed by atoms with van der Waals surface area (Å²) in [7, 11) is -3.61. The molecule has 1 aliphatic heterocycles. The van der Waals surface area contributed by atoms with Crippen LogP contribution in [-0.2, 0) is 10.0 Å². The van der Waals surface area contributed by atoms with Crippen molar-refractivity contribution >= 4 is 54.4 Å². The van der Waals surface area contributed by atoms with Gasteiger partial charge in [-0.2, -0.15) is 4.31 Å². The lowest BCUT2D eigenvalue weighted by molar-refractivity contribution is 0.275. The van der Waals surface area contributed by atoms with Crippen LogP contribution in [0, 0.1) is 11.7 Å². The number of hydrogen-bond acceptors (Lipinski definition) is 6. The zero-order valence-electron chi connectivity index (χ0n) is 18.4. The summed E-state index contributed by atoms with van der Waals surface area (Å²) in [6.45, 7) is 1.17. The van der Waals surface area contributed by atoms with E-state index in [1.165, 1.54) is 10.5 Å². The fraction of sp³-hybridized carbons (Fsp3) is 0.261. The predicted octanol–water partition coefficient (Wildman–Crippen LogP) is 5.09. The number of sulfonamides is 1. The van der Waals surface area contributed by atoms with E-state index >= 15 is 0 Å². The van der Waals surface area contributed by atoms with E-state index in [2.05, 4.69) is 41.2 Å². The Bertz CT molecular complexity index is 1500. The van der Waals surface area contributed by atoms with Crippen molar-refractivity contribution in [3.05, 3.63) is 64.2 Å². The number of benzene rings is 1. The van der Waals surface area contributed by atoms with Gasteiger partial charge in [-0.25, -0.2) is 27.8 Å². The Morgan fingerprint density at radius 2 is 2.11 bits per heavy atom. The van der Waals surface area contributed by atoms with E-state index < -0.39 is 15.8 Å². The predicted molar refractivity (Wildman–Crippen MR) is 136 cm³/mol. The zero-order chi connectivity index (χ0) is 24.6. The Hall–Kier alpha value is -2.60. The minimum Gasteiger partial charge on any atom is -0.367 e. The van der Waals surface area contributed by atoms with Gasteiger partial charge in [0.2, 0.25) is 10.0 Å². The average molecular weight is 580 g/mol. The molecule has 182 valence electrons. The van der Waals surface area contributed by atoms with Gasteiger partial charge in [-0.05, 0) is 43.0 Å². The number of pyridine rings is 1. The molecular weight excluding hydrogens is 559 g/mol. The quantitative estimate of drug-likeness (QED) is 0.330. The van der Waals surface area contributed by atoms with Crippen LogP contribution in [0.5, 0.6) is 0 Å². The second kappa shape index (κ2) is 9.81. The highest BCUT2D eigenvalue weighted by atomic mass is 79.9. The normalized spacial score (nSPS) is 17.1. The maximum Gasteiger partial charge on any atom is 0.243 e. The van der Waals surface area contributed by atoms with Crippen molar-refractivity contribution in [2.24, 2.45) is 5.92 Å². The fourth-order valence-corrected chi connectivity index (χ4v) is 6.52. The van der Waals surface area contributed by atoms with Crippen LogP contribution in [0.4, 0.5) is 10.2 Å². The molecule has 5 rings (SSSR count). The highest BCUT2D eigenvalue weighted by Crippen LogP contribution is 2.29. The highest BCUT2D eigenvalue weighted by Gasteiger charge is 2.30. The summed E-state index contributed by atoms with van der Waals surface area (Å²) in [6, 6.07) is 8.43. The van der Waals surface area contributed by atoms with Crippen LogP contribution < -0.4 is 5.32 Å². The minimum absolute atomic E-state index is 0.000381. The lowest BCUT2D eigenvalue weighted by Crippen LogP contribution is -2.41. The Labute approximate surface area is 215 Å². The SMILES string of the molecule is O=S(=O)(c1cccc(Br)c1)N1CCC[C@H](CNc2nc(-c3c[nH]c4ncc(Cl)cc34)ncc2F)C1. The number of aromatic amines is 1. The number of nitrogens with zero attached hydrogens (tertiary/aromatic N) is 4. The second-order valence-corrected chi connectivity index (χ2v) is 11.6. The lowest BCUT2D eigenvalue weighted by Gasteiger charge is -2.32. The molecule has 0 bridgehead atoms. The Kier molecular flexibility index (Phi) is 6.75. The van der Waals surface area contributed by atoms with Crippen molar-refractivity contribution in [2.75, 3.05) is 25.0 Å². The van der Waals surface area contributed by atoms with Crippen LogP contribution >= 0.6 is 27.5 Å². The molecule has 1 fully saturated rings. The summed E-state index contributed by atoms with van der Waals surface area (Å²) in [6.07, 6.45) is 5.90. The summed E-state index contributed by atoms with van der Waals surface area (Å²) >= 11 is 9.41. The minimum atomic E-state index is -3.61. The molecule has 1 saturated heterocycles. The number of halogens is 3. The smallest absolute Gasteiger partial charge is 0.243 e. The van der Waals surface area contributed by atoms with E-state index in [9.17, 15) is 12.8 Å². The van der Waals surface area contributed by atoms with Gasteiger partial charge in [0.1, 0.15) is 5.65 Å². The molecule has 8 nitrogen and oxygen atoms in total. The maximum atomic E-state index is 14.5. The van der Waals surface area contributed by atoms with Crippen LogP contribution in [0.3, 0.4) is 0 Å². The first-order valence-corrected chi connectivity index (χ1v) is 13.6. The van der Waals surface area contributed by atoms with Gasteiger partial charge in [0.15, 0.2) is 17.5 Å². The maximum absolute atomic E-state index is 14.5. The third-order valence-corrected chi connectivity index (χ3v) is 8.52. The molecule has 0 saturated carbocycles. The van der Waals surface area contributed by atoms with E-state index in [1.54, 1.807) is 36.5 Å². The monoisotopic (exact) mass is 578 g/mol. The van der Waals surface area contributed by atoms with Crippen LogP contribution in [0.2, 0.25) is 5.02 Å². The summed E-state index contributed by atoms with van der Waals surface area (Å²) in [5.74, 6) is -0.197. The van der Waals surface area contributed by atoms with Crippen LogP contribution in [-0.4, -0.2) is 52.3 Å².